The average molecular weight is 339 g/mol. The van der Waals surface area contributed by atoms with Crippen molar-refractivity contribution in [3.05, 3.63) is 54.6 Å². The van der Waals surface area contributed by atoms with Gasteiger partial charge in [0.05, 0.1) is 0 Å². The largest absolute Gasteiger partial charge is 0.326 e. The summed E-state index contributed by atoms with van der Waals surface area (Å²) in [6.07, 6.45) is 4.80. The zero-order valence-electron chi connectivity index (χ0n) is 14.5. The molecule has 3 amide bonds. The molecule has 3 N–H and O–H groups in total. The molecule has 2 aromatic carbocycles. The van der Waals surface area contributed by atoms with Crippen molar-refractivity contribution in [2.24, 2.45) is 0 Å². The van der Waals surface area contributed by atoms with E-state index in [0.717, 1.165) is 31.4 Å². The van der Waals surface area contributed by atoms with E-state index in [1.807, 2.05) is 36.4 Å². The van der Waals surface area contributed by atoms with Crippen LogP contribution in [0, 0.1) is 0 Å². The maximum atomic E-state index is 12.0. The Labute approximate surface area is 148 Å². The molecule has 2 aromatic rings. The summed E-state index contributed by atoms with van der Waals surface area (Å²) < 4.78 is 0. The highest BCUT2D eigenvalue weighted by Gasteiger charge is 2.05. The lowest BCUT2D eigenvalue weighted by molar-refractivity contribution is -0.116. The molecule has 0 atom stereocenters. The second-order valence-electron chi connectivity index (χ2n) is 5.88. The van der Waals surface area contributed by atoms with Crippen LogP contribution in [0.25, 0.3) is 0 Å². The quantitative estimate of drug-likeness (QED) is 0.576. The standard InChI is InChI=1S/C20H25N3O2/c1-2-3-4-8-14-19(24)21-17-12-9-13-18(15-17)23-20(25)22-16-10-6-5-7-11-16/h5-7,9-13,15H,2-4,8,14H2,1H3,(H,21,24)(H2,22,23,25). The molecule has 0 spiro atoms. The van der Waals surface area contributed by atoms with Crippen molar-refractivity contribution < 1.29 is 9.59 Å². The Bertz CT molecular complexity index is 686. The van der Waals surface area contributed by atoms with Gasteiger partial charge in [-0.3, -0.25) is 4.79 Å². The van der Waals surface area contributed by atoms with E-state index in [0.29, 0.717) is 17.8 Å². The Morgan fingerprint density at radius 1 is 0.760 bits per heavy atom. The van der Waals surface area contributed by atoms with E-state index < -0.39 is 0 Å². The minimum atomic E-state index is -0.325. The molecule has 0 aliphatic heterocycles. The molecule has 0 fully saturated rings. The number of anilines is 3. The van der Waals surface area contributed by atoms with Gasteiger partial charge in [0, 0.05) is 23.5 Å². The molecule has 0 heterocycles. The number of hydrogen-bond donors (Lipinski definition) is 3. The third kappa shape index (κ3) is 7.08. The van der Waals surface area contributed by atoms with E-state index in [1.165, 1.54) is 0 Å². The van der Waals surface area contributed by atoms with Crippen LogP contribution in [0.3, 0.4) is 0 Å². The maximum Gasteiger partial charge on any atom is 0.323 e. The Morgan fingerprint density at radius 2 is 1.40 bits per heavy atom. The summed E-state index contributed by atoms with van der Waals surface area (Å²) in [6, 6.07) is 16.0. The minimum absolute atomic E-state index is 0.00184. The van der Waals surface area contributed by atoms with Crippen molar-refractivity contribution in [3.63, 3.8) is 0 Å². The second kappa shape index (κ2) is 10.1. The number of carbonyl (C=O) groups is 2. The number of para-hydroxylation sites is 1. The van der Waals surface area contributed by atoms with Gasteiger partial charge in [0.2, 0.25) is 5.91 Å². The molecule has 0 radical (unpaired) electrons. The maximum absolute atomic E-state index is 12.0. The highest BCUT2D eigenvalue weighted by Crippen LogP contribution is 2.16. The first-order chi connectivity index (χ1) is 12.2. The number of benzene rings is 2. The van der Waals surface area contributed by atoms with E-state index in [1.54, 1.807) is 18.2 Å². The molecular weight excluding hydrogens is 314 g/mol. The van der Waals surface area contributed by atoms with Crippen LogP contribution in [-0.2, 0) is 4.79 Å². The summed E-state index contributed by atoms with van der Waals surface area (Å²) in [7, 11) is 0. The van der Waals surface area contributed by atoms with Gasteiger partial charge in [-0.15, -0.1) is 0 Å². The zero-order chi connectivity index (χ0) is 17.9. The van der Waals surface area contributed by atoms with E-state index in [9.17, 15) is 9.59 Å². The predicted molar refractivity (Wildman–Crippen MR) is 103 cm³/mol. The van der Waals surface area contributed by atoms with Crippen molar-refractivity contribution >= 4 is 29.0 Å². The van der Waals surface area contributed by atoms with E-state index in [2.05, 4.69) is 22.9 Å². The molecule has 5 heteroatoms. The summed E-state index contributed by atoms with van der Waals surface area (Å²) in [5.41, 5.74) is 2.02. The number of unbranched alkanes of at least 4 members (excludes halogenated alkanes) is 3. The van der Waals surface area contributed by atoms with Crippen LogP contribution in [-0.4, -0.2) is 11.9 Å². The summed E-state index contributed by atoms with van der Waals surface area (Å²) in [4.78, 5) is 23.9. The van der Waals surface area contributed by atoms with Crippen LogP contribution >= 0.6 is 0 Å². The first-order valence-corrected chi connectivity index (χ1v) is 8.70. The zero-order valence-corrected chi connectivity index (χ0v) is 14.5. The Hall–Kier alpha value is -2.82. The molecule has 5 nitrogen and oxygen atoms in total. The first kappa shape index (κ1) is 18.5. The second-order valence-corrected chi connectivity index (χ2v) is 5.88. The molecular formula is C20H25N3O2. The number of urea groups is 1. The smallest absolute Gasteiger partial charge is 0.323 e. The normalized spacial score (nSPS) is 10.1. The Kier molecular flexibility index (Phi) is 7.50. The van der Waals surface area contributed by atoms with Crippen LogP contribution in [0.5, 0.6) is 0 Å². The topological polar surface area (TPSA) is 70.2 Å². The summed E-state index contributed by atoms with van der Waals surface area (Å²) in [5, 5.41) is 8.39. The fourth-order valence-corrected chi connectivity index (χ4v) is 2.43. The van der Waals surface area contributed by atoms with Crippen LogP contribution < -0.4 is 16.0 Å². The first-order valence-electron chi connectivity index (χ1n) is 8.70. The molecule has 0 aromatic heterocycles. The van der Waals surface area contributed by atoms with Gasteiger partial charge < -0.3 is 16.0 Å². The predicted octanol–water partition coefficient (Wildman–Crippen LogP) is 5.24. The van der Waals surface area contributed by atoms with Gasteiger partial charge in [0.1, 0.15) is 0 Å². The van der Waals surface area contributed by atoms with Gasteiger partial charge in [0.15, 0.2) is 0 Å². The molecule has 2 rings (SSSR count). The molecule has 0 aliphatic rings. The fourth-order valence-electron chi connectivity index (χ4n) is 2.43. The van der Waals surface area contributed by atoms with Crippen molar-refractivity contribution in [1.82, 2.24) is 0 Å². The third-order valence-corrected chi connectivity index (χ3v) is 3.69. The molecule has 0 saturated carbocycles. The van der Waals surface area contributed by atoms with Crippen molar-refractivity contribution in [2.45, 2.75) is 39.0 Å². The molecule has 0 saturated heterocycles. The Morgan fingerprint density at radius 3 is 2.12 bits per heavy atom. The van der Waals surface area contributed by atoms with E-state index in [4.69, 9.17) is 0 Å². The number of amides is 3. The minimum Gasteiger partial charge on any atom is -0.326 e. The fraction of sp³-hybridized carbons (Fsp3) is 0.300. The van der Waals surface area contributed by atoms with Crippen molar-refractivity contribution in [3.8, 4) is 0 Å². The lowest BCUT2D eigenvalue weighted by Crippen LogP contribution is -2.19. The number of hydrogen-bond acceptors (Lipinski definition) is 2. The highest BCUT2D eigenvalue weighted by atomic mass is 16.2. The summed E-state index contributed by atoms with van der Waals surface area (Å²) in [5.74, 6) is 0.00184. The SMILES string of the molecule is CCCCCCC(=O)Nc1cccc(NC(=O)Nc2ccccc2)c1. The van der Waals surface area contributed by atoms with Crippen LogP contribution in [0.4, 0.5) is 21.9 Å². The Balaban J connectivity index is 1.83. The lowest BCUT2D eigenvalue weighted by Gasteiger charge is -2.10. The van der Waals surface area contributed by atoms with Crippen molar-refractivity contribution in [2.75, 3.05) is 16.0 Å². The van der Waals surface area contributed by atoms with Gasteiger partial charge >= 0.3 is 6.03 Å². The number of nitrogens with one attached hydrogen (secondary N) is 3. The molecule has 0 bridgehead atoms. The summed E-state index contributed by atoms with van der Waals surface area (Å²) >= 11 is 0. The van der Waals surface area contributed by atoms with Gasteiger partial charge in [-0.2, -0.15) is 0 Å². The number of rotatable bonds is 8. The van der Waals surface area contributed by atoms with Gasteiger partial charge in [-0.25, -0.2) is 4.79 Å². The molecule has 0 unspecified atom stereocenters. The van der Waals surface area contributed by atoms with Crippen LogP contribution in [0.15, 0.2) is 54.6 Å². The van der Waals surface area contributed by atoms with Crippen LogP contribution in [0.2, 0.25) is 0 Å². The monoisotopic (exact) mass is 339 g/mol. The number of carbonyl (C=O) groups excluding carboxylic acids is 2. The third-order valence-electron chi connectivity index (χ3n) is 3.69. The lowest BCUT2D eigenvalue weighted by atomic mass is 10.1. The van der Waals surface area contributed by atoms with E-state index in [-0.39, 0.29) is 11.9 Å². The van der Waals surface area contributed by atoms with Gasteiger partial charge in [0.25, 0.3) is 0 Å². The average Bonchev–Trinajstić information content (AvgIpc) is 2.60. The summed E-state index contributed by atoms with van der Waals surface area (Å²) in [6.45, 7) is 2.15. The molecule has 25 heavy (non-hydrogen) atoms. The molecule has 0 aliphatic carbocycles. The highest BCUT2D eigenvalue weighted by molar-refractivity contribution is 6.00. The molecule has 132 valence electrons. The van der Waals surface area contributed by atoms with E-state index >= 15 is 0 Å². The van der Waals surface area contributed by atoms with Crippen LogP contribution in [0.1, 0.15) is 39.0 Å². The van der Waals surface area contributed by atoms with Gasteiger partial charge in [-0.1, -0.05) is 50.5 Å². The van der Waals surface area contributed by atoms with Gasteiger partial charge in [-0.05, 0) is 36.8 Å². The van der Waals surface area contributed by atoms with Crippen molar-refractivity contribution in [1.29, 1.82) is 0 Å².